The predicted molar refractivity (Wildman–Crippen MR) is 145 cm³/mol. The van der Waals surface area contributed by atoms with E-state index in [1.807, 2.05) is 32.0 Å². The molecule has 3 rings (SSSR count). The van der Waals surface area contributed by atoms with Gasteiger partial charge in [-0.3, -0.25) is 24.1 Å². The van der Waals surface area contributed by atoms with Gasteiger partial charge in [-0.1, -0.05) is 12.1 Å². The van der Waals surface area contributed by atoms with Crippen molar-refractivity contribution in [2.24, 2.45) is 0 Å². The van der Waals surface area contributed by atoms with Crippen molar-refractivity contribution in [3.63, 3.8) is 0 Å². The average Bonchev–Trinajstić information content (AvgIpc) is 3.06. The highest BCUT2D eigenvalue weighted by Gasteiger charge is 2.36. The molecule has 0 atom stereocenters. The Morgan fingerprint density at radius 2 is 1.89 bits per heavy atom. The number of halogens is 1. The second-order valence-corrected chi connectivity index (χ2v) is 9.70. The topological polar surface area (TPSA) is 111 Å². The molecule has 0 aromatic heterocycles. The number of aryl methyl sites for hydroxylation is 1. The first-order valence-corrected chi connectivity index (χ1v) is 13.0. The van der Waals surface area contributed by atoms with Gasteiger partial charge < -0.3 is 19.5 Å². The first-order chi connectivity index (χ1) is 17.2. The van der Waals surface area contributed by atoms with Gasteiger partial charge in [0.1, 0.15) is 6.54 Å². The minimum atomic E-state index is -0.651. The van der Waals surface area contributed by atoms with Crippen molar-refractivity contribution in [1.82, 2.24) is 4.90 Å². The molecule has 1 N–H and O–H groups in total. The molecule has 190 valence electrons. The molecule has 0 radical (unpaired) electrons. The molecule has 1 aliphatic heterocycles. The molecule has 9 nitrogen and oxygen atoms in total. The summed E-state index contributed by atoms with van der Waals surface area (Å²) in [4.78, 5) is 50.1. The van der Waals surface area contributed by atoms with Crippen molar-refractivity contribution >= 4 is 69.1 Å². The molecule has 0 saturated carbocycles. The minimum Gasteiger partial charge on any atom is -0.490 e. The Bertz CT molecular complexity index is 1210. The van der Waals surface area contributed by atoms with Crippen LogP contribution in [0.5, 0.6) is 11.5 Å². The van der Waals surface area contributed by atoms with Crippen molar-refractivity contribution in [1.29, 1.82) is 0 Å². The number of rotatable bonds is 10. The van der Waals surface area contributed by atoms with Crippen molar-refractivity contribution in [2.75, 3.05) is 31.7 Å². The maximum Gasteiger partial charge on any atom is 0.326 e. The van der Waals surface area contributed by atoms with Gasteiger partial charge >= 0.3 is 5.97 Å². The average molecular weight is 624 g/mol. The van der Waals surface area contributed by atoms with Crippen LogP contribution in [0.1, 0.15) is 25.0 Å². The van der Waals surface area contributed by atoms with E-state index in [9.17, 15) is 19.2 Å². The van der Waals surface area contributed by atoms with Gasteiger partial charge in [-0.15, -0.1) is 0 Å². The summed E-state index contributed by atoms with van der Waals surface area (Å²) in [5, 5.41) is 2.25. The molecule has 0 aliphatic carbocycles. The Labute approximate surface area is 226 Å². The predicted octanol–water partition coefficient (Wildman–Crippen LogP) is 4.62. The van der Waals surface area contributed by atoms with E-state index in [0.29, 0.717) is 32.9 Å². The summed E-state index contributed by atoms with van der Waals surface area (Å²) in [5.74, 6) is -0.756. The Morgan fingerprint density at radius 1 is 1.11 bits per heavy atom. The lowest BCUT2D eigenvalue weighted by Gasteiger charge is -2.15. The zero-order valence-electron chi connectivity index (χ0n) is 20.0. The SMILES string of the molecule is CCOC(=O)CN1C(=O)S/C(=C\c2cc(I)c(OCC(=O)Nc3cccc(C)c3)c(OCC)c2)C1=O. The number of esters is 1. The molecule has 1 heterocycles. The normalized spacial score (nSPS) is 14.2. The van der Waals surface area contributed by atoms with Gasteiger partial charge in [0.25, 0.3) is 17.1 Å². The van der Waals surface area contributed by atoms with Crippen molar-refractivity contribution in [2.45, 2.75) is 20.8 Å². The van der Waals surface area contributed by atoms with Crippen LogP contribution in [-0.2, 0) is 19.1 Å². The third-order valence-electron chi connectivity index (χ3n) is 4.75. The van der Waals surface area contributed by atoms with Crippen LogP contribution < -0.4 is 14.8 Å². The summed E-state index contributed by atoms with van der Waals surface area (Å²) in [6, 6.07) is 10.9. The molecule has 0 unspecified atom stereocenters. The zero-order valence-corrected chi connectivity index (χ0v) is 22.9. The highest BCUT2D eigenvalue weighted by atomic mass is 127. The van der Waals surface area contributed by atoms with Gasteiger partial charge in [0, 0.05) is 5.69 Å². The highest BCUT2D eigenvalue weighted by Crippen LogP contribution is 2.37. The molecule has 0 spiro atoms. The summed E-state index contributed by atoms with van der Waals surface area (Å²) in [6.07, 6.45) is 1.55. The molecule has 0 bridgehead atoms. The van der Waals surface area contributed by atoms with Gasteiger partial charge in [-0.2, -0.15) is 0 Å². The minimum absolute atomic E-state index is 0.158. The molecule has 2 aromatic carbocycles. The molecular weight excluding hydrogens is 599 g/mol. The lowest BCUT2D eigenvalue weighted by molar-refractivity contribution is -0.146. The number of benzene rings is 2. The molecule has 2 aromatic rings. The number of amides is 3. The number of hydrogen-bond donors (Lipinski definition) is 1. The molecule has 1 fully saturated rings. The fourth-order valence-corrected chi connectivity index (χ4v) is 4.87. The Balaban J connectivity index is 1.75. The van der Waals surface area contributed by atoms with Crippen molar-refractivity contribution in [3.05, 3.63) is 56.0 Å². The number of nitrogens with zero attached hydrogens (tertiary/aromatic N) is 1. The summed E-state index contributed by atoms with van der Waals surface area (Å²) in [6.45, 7) is 5.24. The molecule has 1 aliphatic rings. The molecule has 36 heavy (non-hydrogen) atoms. The van der Waals surface area contributed by atoms with E-state index in [4.69, 9.17) is 14.2 Å². The fourth-order valence-electron chi connectivity index (χ4n) is 3.26. The maximum absolute atomic E-state index is 12.7. The van der Waals surface area contributed by atoms with Crippen LogP contribution in [0.2, 0.25) is 0 Å². The number of thioether (sulfide) groups is 1. The van der Waals surface area contributed by atoms with Crippen LogP contribution in [0.4, 0.5) is 10.5 Å². The summed E-state index contributed by atoms with van der Waals surface area (Å²) in [7, 11) is 0. The van der Waals surface area contributed by atoms with E-state index in [2.05, 4.69) is 27.9 Å². The van der Waals surface area contributed by atoms with Gasteiger partial charge in [-0.05, 0) is 96.6 Å². The van der Waals surface area contributed by atoms with Crippen LogP contribution in [-0.4, -0.2) is 54.3 Å². The van der Waals surface area contributed by atoms with E-state index >= 15 is 0 Å². The number of hydrogen-bond acceptors (Lipinski definition) is 8. The molecule has 1 saturated heterocycles. The molecule has 11 heteroatoms. The second kappa shape index (κ2) is 12.8. The van der Waals surface area contributed by atoms with E-state index in [0.717, 1.165) is 22.2 Å². The van der Waals surface area contributed by atoms with E-state index in [1.165, 1.54) is 0 Å². The summed E-state index contributed by atoms with van der Waals surface area (Å²) >= 11 is 2.80. The van der Waals surface area contributed by atoms with Gasteiger partial charge in [-0.25, -0.2) is 0 Å². The summed E-state index contributed by atoms with van der Waals surface area (Å²) < 4.78 is 17.0. The highest BCUT2D eigenvalue weighted by molar-refractivity contribution is 14.1. The van der Waals surface area contributed by atoms with Gasteiger partial charge in [0.2, 0.25) is 0 Å². The second-order valence-electron chi connectivity index (χ2n) is 7.54. The lowest BCUT2D eigenvalue weighted by atomic mass is 10.2. The van der Waals surface area contributed by atoms with Crippen LogP contribution in [0.15, 0.2) is 41.3 Å². The van der Waals surface area contributed by atoms with E-state index in [-0.39, 0.29) is 24.0 Å². The molecular formula is C25H25IN2O7S. The zero-order chi connectivity index (χ0) is 26.2. The van der Waals surface area contributed by atoms with E-state index in [1.54, 1.807) is 31.2 Å². The van der Waals surface area contributed by atoms with Crippen molar-refractivity contribution < 1.29 is 33.4 Å². The van der Waals surface area contributed by atoms with Crippen LogP contribution >= 0.6 is 34.4 Å². The monoisotopic (exact) mass is 624 g/mol. The maximum atomic E-state index is 12.7. The third-order valence-corrected chi connectivity index (χ3v) is 6.45. The number of carbonyl (C=O) groups is 4. The lowest BCUT2D eigenvalue weighted by Crippen LogP contribution is -2.34. The fraction of sp³-hybridized carbons (Fsp3) is 0.280. The Morgan fingerprint density at radius 3 is 2.58 bits per heavy atom. The smallest absolute Gasteiger partial charge is 0.326 e. The third kappa shape index (κ3) is 7.23. The number of ether oxygens (including phenoxy) is 3. The quantitative estimate of drug-likeness (QED) is 0.232. The first kappa shape index (κ1) is 27.5. The summed E-state index contributed by atoms with van der Waals surface area (Å²) in [5.41, 5.74) is 2.30. The number of imide groups is 1. The number of anilines is 1. The largest absolute Gasteiger partial charge is 0.490 e. The van der Waals surface area contributed by atoms with Gasteiger partial charge in [0.15, 0.2) is 18.1 Å². The van der Waals surface area contributed by atoms with Crippen LogP contribution in [0.25, 0.3) is 6.08 Å². The number of carbonyl (C=O) groups excluding carboxylic acids is 4. The van der Waals surface area contributed by atoms with Crippen molar-refractivity contribution in [3.8, 4) is 11.5 Å². The number of nitrogens with one attached hydrogen (secondary N) is 1. The van der Waals surface area contributed by atoms with E-state index < -0.39 is 23.7 Å². The Kier molecular flexibility index (Phi) is 9.76. The van der Waals surface area contributed by atoms with Gasteiger partial charge in [0.05, 0.1) is 21.7 Å². The standard InChI is InChI=1S/C25H25IN2O7S/c1-4-33-19-11-16(12-20-24(31)28(25(32)36-20)13-22(30)34-5-2)10-18(26)23(19)35-14-21(29)27-17-8-6-7-15(3)9-17/h6-12H,4-5,13-14H2,1-3H3,(H,27,29)/b20-12-. The Hall–Kier alpha value is -3.06. The molecule has 3 amide bonds. The van der Waals surface area contributed by atoms with Crippen LogP contribution in [0.3, 0.4) is 0 Å². The van der Waals surface area contributed by atoms with Crippen LogP contribution in [0, 0.1) is 10.5 Å². The first-order valence-electron chi connectivity index (χ1n) is 11.1.